The Labute approximate surface area is 122 Å². The first-order valence-electron chi connectivity index (χ1n) is 6.59. The van der Waals surface area contributed by atoms with Crippen LogP contribution < -0.4 is 5.73 Å². The lowest BCUT2D eigenvalue weighted by molar-refractivity contribution is 0.693. The van der Waals surface area contributed by atoms with Gasteiger partial charge in [-0.25, -0.2) is 0 Å². The van der Waals surface area contributed by atoms with Gasteiger partial charge < -0.3 is 5.73 Å². The van der Waals surface area contributed by atoms with Gasteiger partial charge in [-0.3, -0.25) is 0 Å². The maximum absolute atomic E-state index is 6.31. The van der Waals surface area contributed by atoms with Crippen molar-refractivity contribution in [1.82, 2.24) is 0 Å². The number of nitrogens with two attached hydrogens (primary N) is 1. The number of allylic oxidation sites excluding steroid dienone is 1. The molecule has 1 aliphatic rings. The van der Waals surface area contributed by atoms with Crippen LogP contribution in [0.3, 0.4) is 0 Å². The van der Waals surface area contributed by atoms with Gasteiger partial charge in [-0.1, -0.05) is 30.2 Å². The maximum atomic E-state index is 6.31. The van der Waals surface area contributed by atoms with Gasteiger partial charge in [0.2, 0.25) is 0 Å². The summed E-state index contributed by atoms with van der Waals surface area (Å²) >= 11 is 5.42. The molecule has 3 heteroatoms. The van der Waals surface area contributed by atoms with Gasteiger partial charge in [0.1, 0.15) is 0 Å². The van der Waals surface area contributed by atoms with Crippen LogP contribution in [0.15, 0.2) is 45.3 Å². The third-order valence-corrected chi connectivity index (χ3v) is 5.45. The topological polar surface area (TPSA) is 26.0 Å². The molecule has 0 bridgehead atoms. The molecule has 98 valence electrons. The first-order chi connectivity index (χ1) is 8.77. The normalized spacial score (nSPS) is 18.0. The van der Waals surface area contributed by atoms with E-state index >= 15 is 0 Å². The first-order valence-corrected chi connectivity index (χ1v) is 8.37. The van der Waals surface area contributed by atoms with Crippen LogP contribution in [0.1, 0.15) is 32.1 Å². The zero-order chi connectivity index (χ0) is 12.8. The second-order valence-corrected chi connectivity index (χ2v) is 6.64. The van der Waals surface area contributed by atoms with E-state index in [1.807, 2.05) is 17.8 Å². The highest BCUT2D eigenvalue weighted by Crippen LogP contribution is 2.29. The Kier molecular flexibility index (Phi) is 5.80. The van der Waals surface area contributed by atoms with Crippen LogP contribution in [0.2, 0.25) is 0 Å². The number of rotatable bonds is 4. The molecule has 1 atom stereocenters. The van der Waals surface area contributed by atoms with Crippen LogP contribution in [-0.2, 0) is 0 Å². The van der Waals surface area contributed by atoms with Gasteiger partial charge >= 0.3 is 0 Å². The zero-order valence-electron chi connectivity index (χ0n) is 10.6. The summed E-state index contributed by atoms with van der Waals surface area (Å²) in [7, 11) is 0. The fraction of sp³-hybridized carbons (Fsp3) is 0.467. The number of halogens is 1. The molecule has 1 aliphatic carbocycles. The number of benzene rings is 1. The number of hydrogen-bond donors (Lipinski definition) is 1. The summed E-state index contributed by atoms with van der Waals surface area (Å²) in [6, 6.07) is 8.55. The van der Waals surface area contributed by atoms with Crippen molar-refractivity contribution in [2.75, 3.05) is 5.75 Å². The van der Waals surface area contributed by atoms with Crippen molar-refractivity contribution in [3.05, 3.63) is 40.4 Å². The highest BCUT2D eigenvalue weighted by molar-refractivity contribution is 9.10. The molecular formula is C15H20BrNS. The van der Waals surface area contributed by atoms with Crippen LogP contribution in [0.5, 0.6) is 0 Å². The molecule has 0 aliphatic heterocycles. The average molecular weight is 326 g/mol. The minimum absolute atomic E-state index is 0.209. The molecule has 1 unspecified atom stereocenters. The van der Waals surface area contributed by atoms with Crippen LogP contribution in [0, 0.1) is 0 Å². The highest BCUT2D eigenvalue weighted by atomic mass is 79.9. The molecule has 0 saturated heterocycles. The predicted molar refractivity (Wildman–Crippen MR) is 84.0 cm³/mol. The summed E-state index contributed by atoms with van der Waals surface area (Å²) in [6.45, 7) is 0. The van der Waals surface area contributed by atoms with E-state index in [0.29, 0.717) is 0 Å². The lowest BCUT2D eigenvalue weighted by atomic mass is 10.0. The second-order valence-electron chi connectivity index (χ2n) is 4.73. The van der Waals surface area contributed by atoms with Crippen molar-refractivity contribution in [1.29, 1.82) is 0 Å². The molecule has 0 saturated carbocycles. The highest BCUT2D eigenvalue weighted by Gasteiger charge is 2.12. The summed E-state index contributed by atoms with van der Waals surface area (Å²) in [6.07, 6.45) is 8.76. The molecule has 0 radical (unpaired) electrons. The lowest BCUT2D eigenvalue weighted by Gasteiger charge is -2.15. The van der Waals surface area contributed by atoms with Crippen molar-refractivity contribution < 1.29 is 0 Å². The standard InChI is InChI=1S/C15H20BrNS/c16-13-9-5-6-10-15(13)18-11-14(17)12-7-3-1-2-4-8-12/h5-7,9-10,14H,1-4,8,11,17H2. The minimum atomic E-state index is 0.209. The molecule has 2 rings (SSSR count). The van der Waals surface area contributed by atoms with Crippen LogP contribution >= 0.6 is 27.7 Å². The smallest absolute Gasteiger partial charge is 0.0349 e. The molecule has 2 N–H and O–H groups in total. The van der Waals surface area contributed by atoms with Gasteiger partial charge in [-0.2, -0.15) is 0 Å². The van der Waals surface area contributed by atoms with Crippen molar-refractivity contribution in [2.24, 2.45) is 5.73 Å². The van der Waals surface area contributed by atoms with E-state index in [0.717, 1.165) is 10.2 Å². The molecular weight excluding hydrogens is 306 g/mol. The second kappa shape index (κ2) is 7.37. The monoisotopic (exact) mass is 325 g/mol. The van der Waals surface area contributed by atoms with E-state index in [1.165, 1.54) is 42.6 Å². The molecule has 1 aromatic carbocycles. The fourth-order valence-corrected chi connectivity index (χ4v) is 3.81. The Morgan fingerprint density at radius 3 is 2.89 bits per heavy atom. The maximum Gasteiger partial charge on any atom is 0.0349 e. The number of thioether (sulfide) groups is 1. The summed E-state index contributed by atoms with van der Waals surface area (Å²) < 4.78 is 1.16. The number of hydrogen-bond acceptors (Lipinski definition) is 2. The lowest BCUT2D eigenvalue weighted by Crippen LogP contribution is -2.25. The largest absolute Gasteiger partial charge is 0.324 e. The fourth-order valence-electron chi connectivity index (χ4n) is 2.22. The van der Waals surface area contributed by atoms with Crippen molar-refractivity contribution in [2.45, 2.75) is 43.0 Å². The van der Waals surface area contributed by atoms with Crippen molar-refractivity contribution in [3.63, 3.8) is 0 Å². The molecule has 0 spiro atoms. The van der Waals surface area contributed by atoms with Crippen LogP contribution in [-0.4, -0.2) is 11.8 Å². The van der Waals surface area contributed by atoms with Crippen molar-refractivity contribution >= 4 is 27.7 Å². The van der Waals surface area contributed by atoms with Gasteiger partial charge in [-0.15, -0.1) is 11.8 Å². The molecule has 1 nitrogen and oxygen atoms in total. The minimum Gasteiger partial charge on any atom is -0.324 e. The SMILES string of the molecule is NC(CSc1ccccc1Br)C1=CCCCCC1. The summed E-state index contributed by atoms with van der Waals surface area (Å²) in [5, 5.41) is 0. The molecule has 0 amide bonds. The zero-order valence-corrected chi connectivity index (χ0v) is 13.0. The summed E-state index contributed by atoms with van der Waals surface area (Å²) in [5.74, 6) is 0.967. The Bertz CT molecular complexity index is 417. The third kappa shape index (κ3) is 4.15. The van der Waals surface area contributed by atoms with Crippen molar-refractivity contribution in [3.8, 4) is 0 Å². The van der Waals surface area contributed by atoms with Crippen LogP contribution in [0.25, 0.3) is 0 Å². The average Bonchev–Trinajstić information content (AvgIpc) is 2.66. The van der Waals surface area contributed by atoms with Gasteiger partial charge in [0.15, 0.2) is 0 Å². The van der Waals surface area contributed by atoms with E-state index in [1.54, 1.807) is 0 Å². The van der Waals surface area contributed by atoms with E-state index in [-0.39, 0.29) is 6.04 Å². The van der Waals surface area contributed by atoms with E-state index in [4.69, 9.17) is 5.73 Å². The van der Waals surface area contributed by atoms with Gasteiger partial charge in [0.05, 0.1) is 0 Å². The molecule has 1 aromatic rings. The quantitative estimate of drug-likeness (QED) is 0.638. The summed E-state index contributed by atoms with van der Waals surface area (Å²) in [4.78, 5) is 1.28. The molecule has 0 heterocycles. The summed E-state index contributed by atoms with van der Waals surface area (Å²) in [5.41, 5.74) is 7.78. The Hall–Kier alpha value is -0.250. The van der Waals surface area contributed by atoms with E-state index < -0.39 is 0 Å². The van der Waals surface area contributed by atoms with Gasteiger partial charge in [-0.05, 0) is 53.7 Å². The molecule has 18 heavy (non-hydrogen) atoms. The van der Waals surface area contributed by atoms with E-state index in [2.05, 4.69) is 40.2 Å². The predicted octanol–water partition coefficient (Wildman–Crippen LogP) is 4.76. The van der Waals surface area contributed by atoms with Crippen LogP contribution in [0.4, 0.5) is 0 Å². The van der Waals surface area contributed by atoms with Gasteiger partial charge in [0.25, 0.3) is 0 Å². The first kappa shape index (κ1) is 14.2. The Balaban J connectivity index is 1.89. The third-order valence-electron chi connectivity index (χ3n) is 3.31. The van der Waals surface area contributed by atoms with E-state index in [9.17, 15) is 0 Å². The Morgan fingerprint density at radius 1 is 1.22 bits per heavy atom. The molecule has 0 fully saturated rings. The van der Waals surface area contributed by atoms with Gasteiger partial charge in [0, 0.05) is 21.2 Å². The Morgan fingerprint density at radius 2 is 2.06 bits per heavy atom. The molecule has 0 aromatic heterocycles.